The van der Waals surface area contributed by atoms with Crippen molar-refractivity contribution in [1.29, 1.82) is 0 Å². The maximum absolute atomic E-state index is 12.3. The molecule has 0 aliphatic carbocycles. The zero-order chi connectivity index (χ0) is 14.8. The van der Waals surface area contributed by atoms with Crippen molar-refractivity contribution in [2.75, 3.05) is 5.73 Å². The fraction of sp³-hybridized carbons (Fsp3) is 0.0714. The van der Waals surface area contributed by atoms with Crippen LogP contribution in [0.5, 0.6) is 5.75 Å². The number of nitrogens with two attached hydrogens (primary N) is 1. The minimum absolute atomic E-state index is 0.0906. The Bertz CT molecular complexity index is 741. The lowest BCUT2D eigenvalue weighted by molar-refractivity contribution is -0.0498. The molecule has 2 aromatic heterocycles. The zero-order valence-corrected chi connectivity index (χ0v) is 11.5. The molecule has 0 aliphatic rings. The SMILES string of the molecule is Nc1n[nH]c(-c2cccc(OC(F)F)c2)c1-c1cccs1. The summed E-state index contributed by atoms with van der Waals surface area (Å²) in [6.45, 7) is -2.86. The Balaban J connectivity index is 2.06. The maximum atomic E-state index is 12.3. The molecule has 0 aliphatic heterocycles. The van der Waals surface area contributed by atoms with E-state index < -0.39 is 6.61 Å². The van der Waals surface area contributed by atoms with Gasteiger partial charge in [0.2, 0.25) is 0 Å². The highest BCUT2D eigenvalue weighted by atomic mass is 32.1. The van der Waals surface area contributed by atoms with Gasteiger partial charge in [0.1, 0.15) is 5.75 Å². The summed E-state index contributed by atoms with van der Waals surface area (Å²) < 4.78 is 29.0. The molecule has 0 radical (unpaired) electrons. The van der Waals surface area contributed by atoms with Gasteiger partial charge in [0, 0.05) is 10.4 Å². The molecule has 0 saturated heterocycles. The Labute approximate surface area is 123 Å². The molecule has 1 aromatic carbocycles. The van der Waals surface area contributed by atoms with E-state index in [1.54, 1.807) is 12.1 Å². The van der Waals surface area contributed by atoms with Gasteiger partial charge in [0.25, 0.3) is 0 Å². The van der Waals surface area contributed by atoms with Crippen molar-refractivity contribution in [3.05, 3.63) is 41.8 Å². The van der Waals surface area contributed by atoms with Crippen LogP contribution in [0.3, 0.4) is 0 Å². The fourth-order valence-electron chi connectivity index (χ4n) is 2.06. The van der Waals surface area contributed by atoms with Gasteiger partial charge in [-0.3, -0.25) is 5.10 Å². The van der Waals surface area contributed by atoms with E-state index in [2.05, 4.69) is 14.9 Å². The molecule has 4 nitrogen and oxygen atoms in total. The Morgan fingerprint density at radius 2 is 2.10 bits per heavy atom. The predicted molar refractivity (Wildman–Crippen MR) is 78.4 cm³/mol. The number of H-pyrrole nitrogens is 1. The monoisotopic (exact) mass is 307 g/mol. The van der Waals surface area contributed by atoms with Gasteiger partial charge >= 0.3 is 6.61 Å². The number of halogens is 2. The number of ether oxygens (including phenoxy) is 1. The smallest absolute Gasteiger partial charge is 0.387 e. The van der Waals surface area contributed by atoms with Crippen LogP contribution in [0.1, 0.15) is 0 Å². The number of benzene rings is 1. The first-order valence-corrected chi connectivity index (χ1v) is 6.96. The first-order valence-electron chi connectivity index (χ1n) is 6.08. The van der Waals surface area contributed by atoms with Crippen LogP contribution in [0.2, 0.25) is 0 Å². The van der Waals surface area contributed by atoms with E-state index in [-0.39, 0.29) is 5.75 Å². The lowest BCUT2D eigenvalue weighted by Gasteiger charge is -2.07. The Hall–Kier alpha value is -2.41. The van der Waals surface area contributed by atoms with Crippen molar-refractivity contribution in [2.24, 2.45) is 0 Å². The normalized spacial score (nSPS) is 11.0. The first-order chi connectivity index (χ1) is 10.1. The van der Waals surface area contributed by atoms with E-state index in [9.17, 15) is 8.78 Å². The summed E-state index contributed by atoms with van der Waals surface area (Å²) in [7, 11) is 0. The number of aromatic nitrogens is 2. The lowest BCUT2D eigenvalue weighted by Crippen LogP contribution is -2.01. The Morgan fingerprint density at radius 1 is 1.24 bits per heavy atom. The highest BCUT2D eigenvalue weighted by molar-refractivity contribution is 7.13. The first kappa shape index (κ1) is 13.6. The molecule has 0 amide bonds. The van der Waals surface area contributed by atoms with Crippen molar-refractivity contribution >= 4 is 17.2 Å². The van der Waals surface area contributed by atoms with Gasteiger partial charge in [0.15, 0.2) is 5.82 Å². The van der Waals surface area contributed by atoms with E-state index in [0.717, 1.165) is 10.4 Å². The van der Waals surface area contributed by atoms with Crippen LogP contribution in [0.25, 0.3) is 21.7 Å². The summed E-state index contributed by atoms with van der Waals surface area (Å²) in [6, 6.07) is 10.3. The third-order valence-corrected chi connectivity index (χ3v) is 3.80. The molecule has 3 rings (SSSR count). The number of hydrogen-bond acceptors (Lipinski definition) is 4. The molecule has 0 atom stereocenters. The number of nitrogen functional groups attached to an aromatic ring is 1. The molecular weight excluding hydrogens is 296 g/mol. The fourth-order valence-corrected chi connectivity index (χ4v) is 2.85. The second-order valence-corrected chi connectivity index (χ2v) is 5.19. The molecule has 0 saturated carbocycles. The quantitative estimate of drug-likeness (QED) is 0.766. The second kappa shape index (κ2) is 5.53. The standard InChI is InChI=1S/C14H11F2N3OS/c15-14(16)20-9-4-1-3-8(7-9)12-11(13(17)19-18-12)10-5-2-6-21-10/h1-7,14H,(H3,17,18,19). The third kappa shape index (κ3) is 2.73. The largest absolute Gasteiger partial charge is 0.435 e. The van der Waals surface area contributed by atoms with Crippen molar-refractivity contribution in [3.8, 4) is 27.4 Å². The van der Waals surface area contributed by atoms with Gasteiger partial charge < -0.3 is 10.5 Å². The van der Waals surface area contributed by atoms with Crippen molar-refractivity contribution in [2.45, 2.75) is 6.61 Å². The average molecular weight is 307 g/mol. The second-order valence-electron chi connectivity index (χ2n) is 4.24. The van der Waals surface area contributed by atoms with Crippen LogP contribution in [-0.2, 0) is 0 Å². The molecule has 3 N–H and O–H groups in total. The third-order valence-electron chi connectivity index (χ3n) is 2.91. The molecule has 0 fully saturated rings. The highest BCUT2D eigenvalue weighted by Crippen LogP contribution is 2.37. The van der Waals surface area contributed by atoms with Gasteiger partial charge in [-0.1, -0.05) is 18.2 Å². The van der Waals surface area contributed by atoms with Crippen LogP contribution in [-0.4, -0.2) is 16.8 Å². The van der Waals surface area contributed by atoms with Gasteiger partial charge in [-0.25, -0.2) is 0 Å². The molecular formula is C14H11F2N3OS. The van der Waals surface area contributed by atoms with Gasteiger partial charge in [-0.05, 0) is 23.6 Å². The molecule has 7 heteroatoms. The van der Waals surface area contributed by atoms with Gasteiger partial charge in [-0.2, -0.15) is 13.9 Å². The summed E-state index contributed by atoms with van der Waals surface area (Å²) in [5, 5.41) is 8.79. The summed E-state index contributed by atoms with van der Waals surface area (Å²) >= 11 is 1.53. The number of nitrogens with zero attached hydrogens (tertiary/aromatic N) is 1. The molecule has 0 bridgehead atoms. The van der Waals surface area contributed by atoms with E-state index in [1.807, 2.05) is 17.5 Å². The Morgan fingerprint density at radius 3 is 2.81 bits per heavy atom. The van der Waals surface area contributed by atoms with Gasteiger partial charge in [0.05, 0.1) is 11.3 Å². The number of thiophene rings is 1. The van der Waals surface area contributed by atoms with E-state index in [0.29, 0.717) is 17.1 Å². The molecule has 3 aromatic rings. The summed E-state index contributed by atoms with van der Waals surface area (Å²) in [5.41, 5.74) is 8.02. The van der Waals surface area contributed by atoms with E-state index in [1.165, 1.54) is 23.5 Å². The van der Waals surface area contributed by atoms with Crippen LogP contribution in [0.15, 0.2) is 41.8 Å². The van der Waals surface area contributed by atoms with E-state index in [4.69, 9.17) is 5.73 Å². The lowest BCUT2D eigenvalue weighted by atomic mass is 10.1. The molecule has 0 unspecified atom stereocenters. The molecule has 0 spiro atoms. The summed E-state index contributed by atoms with van der Waals surface area (Å²) in [5.74, 6) is 0.459. The minimum Gasteiger partial charge on any atom is -0.435 e. The number of anilines is 1. The summed E-state index contributed by atoms with van der Waals surface area (Å²) in [4.78, 5) is 0.955. The zero-order valence-electron chi connectivity index (χ0n) is 10.7. The van der Waals surface area contributed by atoms with Crippen LogP contribution in [0, 0.1) is 0 Å². The van der Waals surface area contributed by atoms with Crippen LogP contribution >= 0.6 is 11.3 Å². The number of nitrogens with one attached hydrogen (secondary N) is 1. The number of hydrogen-bond donors (Lipinski definition) is 2. The summed E-state index contributed by atoms with van der Waals surface area (Å²) in [6.07, 6.45) is 0. The Kier molecular flexibility index (Phi) is 3.57. The predicted octanol–water partition coefficient (Wildman–Crippen LogP) is 3.99. The van der Waals surface area contributed by atoms with E-state index >= 15 is 0 Å². The van der Waals surface area contributed by atoms with Crippen molar-refractivity contribution < 1.29 is 13.5 Å². The molecule has 2 heterocycles. The molecule has 21 heavy (non-hydrogen) atoms. The van der Waals surface area contributed by atoms with Crippen LogP contribution < -0.4 is 10.5 Å². The van der Waals surface area contributed by atoms with Crippen molar-refractivity contribution in [1.82, 2.24) is 10.2 Å². The number of aromatic amines is 1. The minimum atomic E-state index is -2.86. The van der Waals surface area contributed by atoms with Crippen LogP contribution in [0.4, 0.5) is 14.6 Å². The van der Waals surface area contributed by atoms with Crippen molar-refractivity contribution in [3.63, 3.8) is 0 Å². The number of rotatable bonds is 4. The number of alkyl halides is 2. The molecule has 108 valence electrons. The average Bonchev–Trinajstić information content (AvgIpc) is 3.07. The highest BCUT2D eigenvalue weighted by Gasteiger charge is 2.16. The maximum Gasteiger partial charge on any atom is 0.387 e. The topological polar surface area (TPSA) is 63.9 Å². The van der Waals surface area contributed by atoms with Gasteiger partial charge in [-0.15, -0.1) is 11.3 Å².